The first-order valence-electron chi connectivity index (χ1n) is 7.95. The average molecular weight is 321 g/mol. The highest BCUT2D eigenvalue weighted by Gasteiger charge is 2.33. The SMILES string of the molecule is CC(C)(C)OC(=O)NNC1(Cc2ccncc2N)CCCNC1. The number of hydrogen-bond acceptors (Lipinski definition) is 6. The number of nitrogens with zero attached hydrogens (tertiary/aromatic N) is 1. The Labute approximate surface area is 137 Å². The van der Waals surface area contributed by atoms with Crippen LogP contribution in [-0.2, 0) is 11.2 Å². The largest absolute Gasteiger partial charge is 0.443 e. The Balaban J connectivity index is 2.04. The van der Waals surface area contributed by atoms with Crippen molar-refractivity contribution in [2.75, 3.05) is 18.8 Å². The molecule has 0 radical (unpaired) electrons. The monoisotopic (exact) mass is 321 g/mol. The number of rotatable bonds is 4. The molecule has 7 heteroatoms. The van der Waals surface area contributed by atoms with Gasteiger partial charge in [-0.1, -0.05) is 0 Å². The molecule has 0 saturated carbocycles. The third-order valence-electron chi connectivity index (χ3n) is 3.78. The fourth-order valence-electron chi connectivity index (χ4n) is 2.72. The summed E-state index contributed by atoms with van der Waals surface area (Å²) in [4.78, 5) is 15.9. The highest BCUT2D eigenvalue weighted by atomic mass is 16.6. The molecule has 2 heterocycles. The Kier molecular flexibility index (Phi) is 5.43. The molecule has 0 bridgehead atoms. The zero-order valence-corrected chi connectivity index (χ0v) is 14.1. The predicted molar refractivity (Wildman–Crippen MR) is 89.7 cm³/mol. The number of carbonyl (C=O) groups is 1. The van der Waals surface area contributed by atoms with Gasteiger partial charge < -0.3 is 15.8 Å². The predicted octanol–water partition coefficient (Wildman–Crippen LogP) is 1.36. The van der Waals surface area contributed by atoms with E-state index in [0.717, 1.165) is 31.5 Å². The Morgan fingerprint density at radius 1 is 1.52 bits per heavy atom. The number of piperidine rings is 1. The lowest BCUT2D eigenvalue weighted by atomic mass is 9.84. The third-order valence-corrected chi connectivity index (χ3v) is 3.78. The summed E-state index contributed by atoms with van der Waals surface area (Å²) in [5.41, 5.74) is 12.7. The topological polar surface area (TPSA) is 101 Å². The maximum atomic E-state index is 11.9. The molecule has 1 aromatic rings. The van der Waals surface area contributed by atoms with Crippen molar-refractivity contribution in [1.82, 2.24) is 21.2 Å². The molecule has 5 N–H and O–H groups in total. The van der Waals surface area contributed by atoms with Gasteiger partial charge in [-0.2, -0.15) is 0 Å². The van der Waals surface area contributed by atoms with Crippen LogP contribution in [0.3, 0.4) is 0 Å². The van der Waals surface area contributed by atoms with Crippen molar-refractivity contribution in [3.8, 4) is 0 Å². The number of aromatic nitrogens is 1. The number of carbonyl (C=O) groups excluding carboxylic acids is 1. The molecular formula is C16H27N5O2. The molecule has 7 nitrogen and oxygen atoms in total. The molecule has 0 aromatic carbocycles. The van der Waals surface area contributed by atoms with Gasteiger partial charge in [-0.25, -0.2) is 10.2 Å². The number of nitrogens with two attached hydrogens (primary N) is 1. The minimum Gasteiger partial charge on any atom is -0.443 e. The fourth-order valence-corrected chi connectivity index (χ4v) is 2.72. The van der Waals surface area contributed by atoms with Crippen LogP contribution in [0.15, 0.2) is 18.5 Å². The lowest BCUT2D eigenvalue weighted by Gasteiger charge is -2.39. The van der Waals surface area contributed by atoms with E-state index in [2.05, 4.69) is 21.2 Å². The van der Waals surface area contributed by atoms with Crippen LogP contribution in [0.25, 0.3) is 0 Å². The number of nitrogens with one attached hydrogen (secondary N) is 3. The molecule has 1 unspecified atom stereocenters. The van der Waals surface area contributed by atoms with Gasteiger partial charge in [-0.15, -0.1) is 0 Å². The summed E-state index contributed by atoms with van der Waals surface area (Å²) in [7, 11) is 0. The first-order chi connectivity index (χ1) is 10.8. The van der Waals surface area contributed by atoms with E-state index in [1.807, 2.05) is 26.8 Å². The first-order valence-corrected chi connectivity index (χ1v) is 7.95. The van der Waals surface area contributed by atoms with E-state index in [1.54, 1.807) is 12.4 Å². The second kappa shape index (κ2) is 7.14. The van der Waals surface area contributed by atoms with Gasteiger partial charge in [0, 0.05) is 12.7 Å². The normalized spacial score (nSPS) is 21.7. The Morgan fingerprint density at radius 3 is 2.91 bits per heavy atom. The Hall–Kier alpha value is -1.86. The zero-order chi connectivity index (χ0) is 16.9. The van der Waals surface area contributed by atoms with Crippen molar-refractivity contribution in [1.29, 1.82) is 0 Å². The smallest absolute Gasteiger partial charge is 0.422 e. The second-order valence-electron chi connectivity index (χ2n) is 7.06. The maximum absolute atomic E-state index is 11.9. The van der Waals surface area contributed by atoms with Crippen molar-refractivity contribution >= 4 is 11.8 Å². The van der Waals surface area contributed by atoms with Crippen LogP contribution in [0.2, 0.25) is 0 Å². The molecule has 128 valence electrons. The van der Waals surface area contributed by atoms with E-state index in [1.165, 1.54) is 0 Å². The fraction of sp³-hybridized carbons (Fsp3) is 0.625. The van der Waals surface area contributed by atoms with Crippen molar-refractivity contribution in [3.63, 3.8) is 0 Å². The number of nitrogen functional groups attached to an aromatic ring is 1. The molecule has 0 spiro atoms. The highest BCUT2D eigenvalue weighted by Crippen LogP contribution is 2.23. The summed E-state index contributed by atoms with van der Waals surface area (Å²) in [5.74, 6) is 0. The molecule has 1 fully saturated rings. The summed E-state index contributed by atoms with van der Waals surface area (Å²) in [6.45, 7) is 7.22. The number of ether oxygens (including phenoxy) is 1. The summed E-state index contributed by atoms with van der Waals surface area (Å²) < 4.78 is 5.28. The number of pyridine rings is 1. The van der Waals surface area contributed by atoms with Crippen LogP contribution >= 0.6 is 0 Å². The lowest BCUT2D eigenvalue weighted by molar-refractivity contribution is 0.0451. The van der Waals surface area contributed by atoms with E-state index >= 15 is 0 Å². The third kappa shape index (κ3) is 5.37. The van der Waals surface area contributed by atoms with Gasteiger partial charge in [-0.3, -0.25) is 10.4 Å². The average Bonchev–Trinajstić information content (AvgIpc) is 2.47. The standard InChI is InChI=1S/C16H27N5O2/c1-15(2,3)23-14(22)20-21-16(6-4-7-19-11-16)9-12-5-8-18-10-13(12)17/h5,8,10,19,21H,4,6-7,9,11,17H2,1-3H3,(H,20,22). The second-order valence-corrected chi connectivity index (χ2v) is 7.06. The minimum absolute atomic E-state index is 0.301. The van der Waals surface area contributed by atoms with Gasteiger partial charge in [-0.05, 0) is 58.2 Å². The first kappa shape index (κ1) is 17.5. The van der Waals surface area contributed by atoms with Crippen molar-refractivity contribution in [2.24, 2.45) is 0 Å². The molecule has 2 rings (SSSR count). The zero-order valence-electron chi connectivity index (χ0n) is 14.1. The molecule has 1 aromatic heterocycles. The summed E-state index contributed by atoms with van der Waals surface area (Å²) in [6.07, 6.45) is 5.55. The molecule has 23 heavy (non-hydrogen) atoms. The Bertz CT molecular complexity index is 536. The van der Waals surface area contributed by atoms with E-state index in [4.69, 9.17) is 10.5 Å². The quantitative estimate of drug-likeness (QED) is 0.625. The molecule has 1 saturated heterocycles. The number of hydrogen-bond donors (Lipinski definition) is 4. The van der Waals surface area contributed by atoms with Gasteiger partial charge in [0.1, 0.15) is 5.60 Å². The van der Waals surface area contributed by atoms with Crippen LogP contribution in [0.5, 0.6) is 0 Å². The Morgan fingerprint density at radius 2 is 2.30 bits per heavy atom. The molecule has 1 atom stereocenters. The van der Waals surface area contributed by atoms with Crippen LogP contribution < -0.4 is 21.9 Å². The highest BCUT2D eigenvalue weighted by molar-refractivity contribution is 5.67. The lowest BCUT2D eigenvalue weighted by Crippen LogP contribution is -2.62. The number of hydrazine groups is 1. The molecule has 1 aliphatic rings. The van der Waals surface area contributed by atoms with Crippen LogP contribution in [0, 0.1) is 0 Å². The summed E-state index contributed by atoms with van der Waals surface area (Å²) >= 11 is 0. The van der Waals surface area contributed by atoms with Gasteiger partial charge >= 0.3 is 6.09 Å². The molecule has 0 aliphatic carbocycles. The number of anilines is 1. The molecular weight excluding hydrogens is 294 g/mol. The van der Waals surface area contributed by atoms with Crippen molar-refractivity contribution in [3.05, 3.63) is 24.0 Å². The van der Waals surface area contributed by atoms with Crippen molar-refractivity contribution in [2.45, 2.75) is 51.2 Å². The van der Waals surface area contributed by atoms with Gasteiger partial charge in [0.05, 0.1) is 17.4 Å². The van der Waals surface area contributed by atoms with Gasteiger partial charge in [0.25, 0.3) is 0 Å². The minimum atomic E-state index is -0.529. The van der Waals surface area contributed by atoms with Gasteiger partial charge in [0.15, 0.2) is 0 Å². The molecule has 1 amide bonds. The molecule has 1 aliphatic heterocycles. The summed E-state index contributed by atoms with van der Waals surface area (Å²) in [6, 6.07) is 1.92. The van der Waals surface area contributed by atoms with Gasteiger partial charge in [0.2, 0.25) is 0 Å². The van der Waals surface area contributed by atoms with Crippen LogP contribution in [-0.4, -0.2) is 35.3 Å². The maximum Gasteiger partial charge on any atom is 0.422 e. The van der Waals surface area contributed by atoms with Crippen LogP contribution in [0.1, 0.15) is 39.2 Å². The van der Waals surface area contributed by atoms with E-state index < -0.39 is 11.7 Å². The van der Waals surface area contributed by atoms with E-state index in [-0.39, 0.29) is 5.54 Å². The van der Waals surface area contributed by atoms with E-state index in [0.29, 0.717) is 12.1 Å². The van der Waals surface area contributed by atoms with Crippen molar-refractivity contribution < 1.29 is 9.53 Å². The van der Waals surface area contributed by atoms with Crippen LogP contribution in [0.4, 0.5) is 10.5 Å². The van der Waals surface area contributed by atoms with E-state index in [9.17, 15) is 4.79 Å². The summed E-state index contributed by atoms with van der Waals surface area (Å²) in [5, 5.41) is 3.38. The number of amides is 1.